The molecule has 0 radical (unpaired) electrons. The topological polar surface area (TPSA) is 64.4 Å². The molecule has 1 heterocycles. The van der Waals surface area contributed by atoms with Gasteiger partial charge in [-0.15, -0.1) is 0 Å². The maximum atomic E-state index is 12.8. The lowest BCUT2D eigenvalue weighted by molar-refractivity contribution is -0.128. The Morgan fingerprint density at radius 1 is 1.07 bits per heavy atom. The molecule has 5 nitrogen and oxygen atoms in total. The molecule has 3 aromatic carbocycles. The number of benzene rings is 3. The molecule has 152 valence electrons. The van der Waals surface area contributed by atoms with Gasteiger partial charge in [-0.25, -0.2) is 4.98 Å². The number of carbonyl (C=O) groups excluding carboxylic acids is 1. The molecule has 0 aliphatic rings. The van der Waals surface area contributed by atoms with Gasteiger partial charge in [0.1, 0.15) is 11.3 Å². The molecule has 4 aromatic rings. The van der Waals surface area contributed by atoms with Crippen LogP contribution in [0.15, 0.2) is 71.1 Å². The summed E-state index contributed by atoms with van der Waals surface area (Å²) in [4.78, 5) is 17.4. The number of hydrogen-bond donors (Lipinski definition) is 1. The number of halogens is 1. The van der Waals surface area contributed by atoms with E-state index in [1.165, 1.54) is 0 Å². The van der Waals surface area contributed by atoms with Crippen LogP contribution in [0.25, 0.3) is 22.6 Å². The van der Waals surface area contributed by atoms with Crippen LogP contribution in [-0.2, 0) is 4.79 Å². The molecule has 0 fully saturated rings. The fourth-order valence-electron chi connectivity index (χ4n) is 3.03. The van der Waals surface area contributed by atoms with E-state index in [4.69, 9.17) is 20.8 Å². The summed E-state index contributed by atoms with van der Waals surface area (Å²) in [5.41, 5.74) is 2.89. The van der Waals surface area contributed by atoms with E-state index in [-0.39, 0.29) is 5.91 Å². The van der Waals surface area contributed by atoms with Gasteiger partial charge < -0.3 is 14.5 Å². The Morgan fingerprint density at radius 3 is 2.57 bits per heavy atom. The Balaban J connectivity index is 1.52. The number of amides is 1. The van der Waals surface area contributed by atoms with Crippen LogP contribution in [0.4, 0.5) is 5.69 Å². The van der Waals surface area contributed by atoms with E-state index in [9.17, 15) is 4.79 Å². The highest BCUT2D eigenvalue weighted by molar-refractivity contribution is 6.30. The zero-order chi connectivity index (χ0) is 21.3. The monoisotopic (exact) mass is 420 g/mol. The second kappa shape index (κ2) is 7.84. The maximum Gasteiger partial charge on any atom is 0.267 e. The van der Waals surface area contributed by atoms with Crippen molar-refractivity contribution in [3.63, 3.8) is 0 Å². The number of rotatable bonds is 5. The van der Waals surface area contributed by atoms with Gasteiger partial charge in [0.05, 0.1) is 0 Å². The fraction of sp³-hybridized carbons (Fsp3) is 0.167. The summed E-state index contributed by atoms with van der Waals surface area (Å²) >= 11 is 5.90. The summed E-state index contributed by atoms with van der Waals surface area (Å²) in [5.74, 6) is 0.831. The summed E-state index contributed by atoms with van der Waals surface area (Å²) < 4.78 is 11.7. The van der Waals surface area contributed by atoms with Gasteiger partial charge in [-0.2, -0.15) is 0 Å². The number of ether oxygens (including phenoxy) is 1. The van der Waals surface area contributed by atoms with Crippen molar-refractivity contribution in [3.8, 4) is 17.2 Å². The third-order valence-corrected chi connectivity index (χ3v) is 4.90. The number of nitrogens with zero attached hydrogens (tertiary/aromatic N) is 1. The van der Waals surface area contributed by atoms with Crippen molar-refractivity contribution in [3.05, 3.63) is 77.3 Å². The molecule has 6 heteroatoms. The van der Waals surface area contributed by atoms with Gasteiger partial charge >= 0.3 is 0 Å². The highest BCUT2D eigenvalue weighted by Crippen LogP contribution is 2.27. The Bertz CT molecular complexity index is 1210. The van der Waals surface area contributed by atoms with Crippen LogP contribution < -0.4 is 10.1 Å². The zero-order valence-electron chi connectivity index (χ0n) is 16.9. The molecule has 0 aliphatic carbocycles. The summed E-state index contributed by atoms with van der Waals surface area (Å²) in [6, 6.07) is 20.2. The summed E-state index contributed by atoms with van der Waals surface area (Å²) in [7, 11) is 0. The van der Waals surface area contributed by atoms with Crippen LogP contribution in [0.2, 0.25) is 5.02 Å². The molecule has 30 heavy (non-hydrogen) atoms. The average molecular weight is 421 g/mol. The first-order chi connectivity index (χ1) is 14.3. The number of fused-ring (bicyclic) bond motifs is 1. The minimum Gasteiger partial charge on any atom is -0.478 e. The third-order valence-electron chi connectivity index (χ3n) is 4.64. The van der Waals surface area contributed by atoms with Crippen molar-refractivity contribution in [1.82, 2.24) is 4.98 Å². The number of nitrogens with one attached hydrogen (secondary N) is 1. The fourth-order valence-corrected chi connectivity index (χ4v) is 3.16. The van der Waals surface area contributed by atoms with E-state index in [0.717, 1.165) is 11.1 Å². The lowest BCUT2D eigenvalue weighted by Crippen LogP contribution is -2.42. The average Bonchev–Trinajstić information content (AvgIpc) is 3.13. The molecule has 1 N–H and O–H groups in total. The smallest absolute Gasteiger partial charge is 0.267 e. The van der Waals surface area contributed by atoms with Crippen LogP contribution in [0.5, 0.6) is 5.75 Å². The van der Waals surface area contributed by atoms with Gasteiger partial charge in [-0.3, -0.25) is 4.79 Å². The van der Waals surface area contributed by atoms with E-state index in [1.807, 2.05) is 31.2 Å². The van der Waals surface area contributed by atoms with Crippen molar-refractivity contribution < 1.29 is 13.9 Å². The van der Waals surface area contributed by atoms with Crippen LogP contribution >= 0.6 is 11.6 Å². The number of aromatic nitrogens is 1. The van der Waals surface area contributed by atoms with Crippen LogP contribution in [-0.4, -0.2) is 16.5 Å². The first-order valence-corrected chi connectivity index (χ1v) is 9.92. The molecule has 0 saturated carbocycles. The van der Waals surface area contributed by atoms with E-state index >= 15 is 0 Å². The first-order valence-electron chi connectivity index (χ1n) is 9.54. The zero-order valence-corrected chi connectivity index (χ0v) is 17.7. The second-order valence-corrected chi connectivity index (χ2v) is 8.03. The van der Waals surface area contributed by atoms with Crippen molar-refractivity contribution in [2.24, 2.45) is 0 Å². The number of hydrogen-bond acceptors (Lipinski definition) is 4. The van der Waals surface area contributed by atoms with E-state index in [1.54, 1.807) is 56.3 Å². The van der Waals surface area contributed by atoms with Gasteiger partial charge in [-0.05, 0) is 75.4 Å². The van der Waals surface area contributed by atoms with Crippen LogP contribution in [0, 0.1) is 6.92 Å². The predicted octanol–water partition coefficient (Wildman–Crippen LogP) is 6.25. The lowest BCUT2D eigenvalue weighted by Gasteiger charge is -2.25. The van der Waals surface area contributed by atoms with E-state index < -0.39 is 5.60 Å². The number of aryl methyl sites for hydroxylation is 1. The largest absolute Gasteiger partial charge is 0.478 e. The van der Waals surface area contributed by atoms with Crippen molar-refractivity contribution in [2.75, 3.05) is 5.32 Å². The molecular weight excluding hydrogens is 400 g/mol. The molecule has 4 rings (SSSR count). The maximum absolute atomic E-state index is 12.8. The molecule has 0 bridgehead atoms. The Hall–Kier alpha value is -3.31. The van der Waals surface area contributed by atoms with Gasteiger partial charge in [0.25, 0.3) is 5.91 Å². The molecular formula is C24H21ClN2O3. The Labute approximate surface area is 179 Å². The number of oxazole rings is 1. The molecule has 0 aliphatic heterocycles. The molecule has 0 unspecified atom stereocenters. The van der Waals surface area contributed by atoms with E-state index in [2.05, 4.69) is 10.3 Å². The SMILES string of the molecule is Cc1cccc(-c2nc3cc(NC(=O)C(C)(C)Oc4ccc(Cl)cc4)ccc3o2)c1. The highest BCUT2D eigenvalue weighted by atomic mass is 35.5. The lowest BCUT2D eigenvalue weighted by atomic mass is 10.1. The van der Waals surface area contributed by atoms with Crippen LogP contribution in [0.1, 0.15) is 19.4 Å². The Kier molecular flexibility index (Phi) is 5.22. The third kappa shape index (κ3) is 4.31. The molecule has 1 aromatic heterocycles. The quantitative estimate of drug-likeness (QED) is 0.414. The second-order valence-electron chi connectivity index (χ2n) is 7.59. The van der Waals surface area contributed by atoms with Crippen molar-refractivity contribution in [2.45, 2.75) is 26.4 Å². The van der Waals surface area contributed by atoms with Crippen molar-refractivity contribution >= 4 is 34.3 Å². The van der Waals surface area contributed by atoms with Crippen molar-refractivity contribution in [1.29, 1.82) is 0 Å². The van der Waals surface area contributed by atoms with Gasteiger partial charge in [-0.1, -0.05) is 29.3 Å². The number of anilines is 1. The standard InChI is InChI=1S/C24H21ClN2O3/c1-15-5-4-6-16(13-15)22-27-20-14-18(9-12-21(20)29-22)26-23(28)24(2,3)30-19-10-7-17(25)8-11-19/h4-14H,1-3H3,(H,26,28). The molecule has 0 spiro atoms. The summed E-state index contributed by atoms with van der Waals surface area (Å²) in [6.07, 6.45) is 0. The van der Waals surface area contributed by atoms with Crippen LogP contribution in [0.3, 0.4) is 0 Å². The molecule has 1 amide bonds. The van der Waals surface area contributed by atoms with Gasteiger partial charge in [0, 0.05) is 16.3 Å². The predicted molar refractivity (Wildman–Crippen MR) is 119 cm³/mol. The van der Waals surface area contributed by atoms with Gasteiger partial charge in [0.15, 0.2) is 11.2 Å². The summed E-state index contributed by atoms with van der Waals surface area (Å²) in [5, 5.41) is 3.50. The Morgan fingerprint density at radius 2 is 1.83 bits per heavy atom. The molecule has 0 saturated heterocycles. The summed E-state index contributed by atoms with van der Waals surface area (Å²) in [6.45, 7) is 5.44. The first kappa shape index (κ1) is 20.0. The van der Waals surface area contributed by atoms with E-state index in [0.29, 0.717) is 33.4 Å². The molecule has 0 atom stereocenters. The normalized spacial score (nSPS) is 11.5. The minimum atomic E-state index is -1.08. The minimum absolute atomic E-state index is 0.279. The highest BCUT2D eigenvalue weighted by Gasteiger charge is 2.30. The van der Waals surface area contributed by atoms with Gasteiger partial charge in [0.2, 0.25) is 5.89 Å². The number of carbonyl (C=O) groups is 1.